The summed E-state index contributed by atoms with van der Waals surface area (Å²) in [7, 11) is 0. The first-order valence-electron chi connectivity index (χ1n) is 8.17. The van der Waals surface area contributed by atoms with Gasteiger partial charge in [0.25, 0.3) is 0 Å². The smallest absolute Gasteiger partial charge is 0.409 e. The van der Waals surface area contributed by atoms with Gasteiger partial charge in [0.1, 0.15) is 18.6 Å². The average molecular weight is 365 g/mol. The molecule has 0 fully saturated rings. The largest absolute Gasteiger partial charge is 0.460 e. The summed E-state index contributed by atoms with van der Waals surface area (Å²) in [5.74, 6) is -2.41. The zero-order valence-electron chi connectivity index (χ0n) is 13.8. The summed E-state index contributed by atoms with van der Waals surface area (Å²) in [6.07, 6.45) is -4.30. The van der Waals surface area contributed by atoms with E-state index in [1.165, 1.54) is 12.1 Å². The zero-order valence-corrected chi connectivity index (χ0v) is 13.8. The number of alkyl halides is 3. The van der Waals surface area contributed by atoms with Gasteiger partial charge >= 0.3 is 12.1 Å². The summed E-state index contributed by atoms with van der Waals surface area (Å²) in [5.41, 5.74) is 1.87. The van der Waals surface area contributed by atoms with E-state index in [9.17, 15) is 18.0 Å². The highest BCUT2D eigenvalue weighted by molar-refractivity contribution is 5.85. The molecule has 2 aromatic rings. The molecule has 4 nitrogen and oxygen atoms in total. The molecule has 0 radical (unpaired) electrons. The molecule has 1 heterocycles. The molecule has 0 saturated carbocycles. The summed E-state index contributed by atoms with van der Waals surface area (Å²) < 4.78 is 45.5. The normalized spacial score (nSPS) is 18.9. The van der Waals surface area contributed by atoms with Crippen LogP contribution in [-0.4, -0.2) is 29.9 Å². The maximum absolute atomic E-state index is 13.4. The number of anilines is 1. The molecule has 2 aromatic carbocycles. The lowest BCUT2D eigenvalue weighted by Crippen LogP contribution is -2.40. The Hall–Kier alpha value is -2.54. The number of halogens is 3. The highest BCUT2D eigenvalue weighted by atomic mass is 19.4. The fraction of sp³-hybridized carbons (Fsp3) is 0.316. The Bertz CT molecular complexity index is 777. The van der Waals surface area contributed by atoms with Gasteiger partial charge in [-0.2, -0.15) is 13.2 Å². The standard InChI is InChI=1S/C19H18F3NO3/c20-19(21,22)17-16(18(25)26-11-13-4-2-1-3-5-13)14-10-12(8-9-24)6-7-15(14)23-17/h1-7,10,16-17,23-24H,8-9,11H2. The number of esters is 1. The number of carbonyl (C=O) groups is 1. The quantitative estimate of drug-likeness (QED) is 0.798. The highest BCUT2D eigenvalue weighted by Gasteiger charge is 2.53. The summed E-state index contributed by atoms with van der Waals surface area (Å²) in [6, 6.07) is 11.4. The van der Waals surface area contributed by atoms with Crippen molar-refractivity contribution in [3.63, 3.8) is 0 Å². The molecule has 0 saturated heterocycles. The molecule has 7 heteroatoms. The zero-order chi connectivity index (χ0) is 18.7. The Labute approximate surface area is 148 Å². The van der Waals surface area contributed by atoms with Gasteiger partial charge in [-0.15, -0.1) is 0 Å². The van der Waals surface area contributed by atoms with E-state index in [1.54, 1.807) is 36.4 Å². The van der Waals surface area contributed by atoms with Crippen LogP contribution in [0.25, 0.3) is 0 Å². The lowest BCUT2D eigenvalue weighted by molar-refractivity contribution is -0.165. The molecule has 26 heavy (non-hydrogen) atoms. The minimum absolute atomic E-state index is 0.0909. The van der Waals surface area contributed by atoms with E-state index in [1.807, 2.05) is 0 Å². The first kappa shape index (κ1) is 18.3. The van der Waals surface area contributed by atoms with Crippen molar-refractivity contribution in [1.82, 2.24) is 0 Å². The SMILES string of the molecule is O=C(OCc1ccccc1)C1c2cc(CCO)ccc2NC1C(F)(F)F. The maximum Gasteiger partial charge on any atom is 0.409 e. The molecule has 0 aromatic heterocycles. The lowest BCUT2D eigenvalue weighted by Gasteiger charge is -2.22. The molecule has 1 aliphatic rings. The van der Waals surface area contributed by atoms with Crippen molar-refractivity contribution < 1.29 is 27.8 Å². The van der Waals surface area contributed by atoms with Crippen LogP contribution >= 0.6 is 0 Å². The number of rotatable bonds is 5. The third-order valence-electron chi connectivity index (χ3n) is 4.33. The molecular formula is C19H18F3NO3. The van der Waals surface area contributed by atoms with Crippen LogP contribution in [0, 0.1) is 0 Å². The van der Waals surface area contributed by atoms with Crippen molar-refractivity contribution in [2.45, 2.75) is 31.2 Å². The molecule has 138 valence electrons. The third-order valence-corrected chi connectivity index (χ3v) is 4.33. The van der Waals surface area contributed by atoms with E-state index in [0.717, 1.165) is 0 Å². The molecule has 3 rings (SSSR count). The van der Waals surface area contributed by atoms with Crippen LogP contribution in [0.5, 0.6) is 0 Å². The number of aliphatic hydroxyl groups excluding tert-OH is 1. The predicted octanol–water partition coefficient (Wildman–Crippen LogP) is 3.40. The lowest BCUT2D eigenvalue weighted by atomic mass is 9.93. The van der Waals surface area contributed by atoms with E-state index < -0.39 is 24.1 Å². The second kappa shape index (κ2) is 7.37. The molecule has 0 amide bonds. The summed E-state index contributed by atoms with van der Waals surface area (Å²) in [6.45, 7) is -0.218. The van der Waals surface area contributed by atoms with E-state index in [-0.39, 0.29) is 24.5 Å². The number of carbonyl (C=O) groups excluding carboxylic acids is 1. The first-order chi connectivity index (χ1) is 12.4. The molecule has 0 spiro atoms. The number of ether oxygens (including phenoxy) is 1. The van der Waals surface area contributed by atoms with Crippen LogP contribution in [0.2, 0.25) is 0 Å². The Kier molecular flexibility index (Phi) is 5.18. The van der Waals surface area contributed by atoms with E-state index in [0.29, 0.717) is 17.5 Å². The minimum atomic E-state index is -4.60. The van der Waals surface area contributed by atoms with Crippen molar-refractivity contribution in [3.05, 3.63) is 65.2 Å². The third kappa shape index (κ3) is 3.83. The average Bonchev–Trinajstić information content (AvgIpc) is 3.00. The monoisotopic (exact) mass is 365 g/mol. The van der Waals surface area contributed by atoms with Gasteiger partial charge in [-0.1, -0.05) is 42.5 Å². The van der Waals surface area contributed by atoms with Gasteiger partial charge in [0, 0.05) is 12.3 Å². The molecule has 2 atom stereocenters. The van der Waals surface area contributed by atoms with Gasteiger partial charge in [-0.25, -0.2) is 0 Å². The topological polar surface area (TPSA) is 58.6 Å². The number of hydrogen-bond acceptors (Lipinski definition) is 4. The van der Waals surface area contributed by atoms with Gasteiger partial charge < -0.3 is 15.2 Å². The van der Waals surface area contributed by atoms with Gasteiger partial charge in [0.2, 0.25) is 0 Å². The first-order valence-corrected chi connectivity index (χ1v) is 8.17. The number of aliphatic hydroxyl groups is 1. The van der Waals surface area contributed by atoms with Gasteiger partial charge in [-0.3, -0.25) is 4.79 Å². The van der Waals surface area contributed by atoms with Crippen LogP contribution in [0.1, 0.15) is 22.6 Å². The second-order valence-electron chi connectivity index (χ2n) is 6.13. The molecule has 1 aliphatic heterocycles. The summed E-state index contributed by atoms with van der Waals surface area (Å²) in [5, 5.41) is 11.4. The van der Waals surface area contributed by atoms with E-state index in [2.05, 4.69) is 5.32 Å². The Morgan fingerprint density at radius 3 is 2.50 bits per heavy atom. The highest BCUT2D eigenvalue weighted by Crippen LogP contribution is 2.44. The van der Waals surface area contributed by atoms with Crippen molar-refractivity contribution in [3.8, 4) is 0 Å². The van der Waals surface area contributed by atoms with E-state index in [4.69, 9.17) is 9.84 Å². The van der Waals surface area contributed by atoms with Crippen molar-refractivity contribution in [2.75, 3.05) is 11.9 Å². The summed E-state index contributed by atoms with van der Waals surface area (Å²) in [4.78, 5) is 12.5. The molecule has 2 N–H and O–H groups in total. The van der Waals surface area contributed by atoms with Crippen molar-refractivity contribution in [1.29, 1.82) is 0 Å². The molecular weight excluding hydrogens is 347 g/mol. The van der Waals surface area contributed by atoms with Crippen LogP contribution in [0.3, 0.4) is 0 Å². The summed E-state index contributed by atoms with van der Waals surface area (Å²) >= 11 is 0. The fourth-order valence-corrected chi connectivity index (χ4v) is 3.07. The van der Waals surface area contributed by atoms with Gasteiger partial charge in [0.15, 0.2) is 0 Å². The maximum atomic E-state index is 13.4. The molecule has 0 bridgehead atoms. The Morgan fingerprint density at radius 2 is 1.85 bits per heavy atom. The van der Waals surface area contributed by atoms with Crippen molar-refractivity contribution in [2.24, 2.45) is 0 Å². The fourth-order valence-electron chi connectivity index (χ4n) is 3.07. The Morgan fingerprint density at radius 1 is 1.12 bits per heavy atom. The molecule has 0 aliphatic carbocycles. The van der Waals surface area contributed by atoms with Crippen molar-refractivity contribution >= 4 is 11.7 Å². The van der Waals surface area contributed by atoms with E-state index >= 15 is 0 Å². The number of fused-ring (bicyclic) bond motifs is 1. The van der Waals surface area contributed by atoms with Crippen LogP contribution in [0.4, 0.5) is 18.9 Å². The number of benzene rings is 2. The number of hydrogen-bond donors (Lipinski definition) is 2. The van der Waals surface area contributed by atoms with Gasteiger partial charge in [0.05, 0.1) is 0 Å². The predicted molar refractivity (Wildman–Crippen MR) is 89.7 cm³/mol. The number of nitrogens with one attached hydrogen (secondary N) is 1. The second-order valence-corrected chi connectivity index (χ2v) is 6.13. The van der Waals surface area contributed by atoms with Crippen LogP contribution < -0.4 is 5.32 Å². The van der Waals surface area contributed by atoms with Crippen LogP contribution in [0.15, 0.2) is 48.5 Å². The minimum Gasteiger partial charge on any atom is -0.460 e. The van der Waals surface area contributed by atoms with Gasteiger partial charge in [-0.05, 0) is 29.2 Å². The molecule has 2 unspecified atom stereocenters. The van der Waals surface area contributed by atoms with Crippen LogP contribution in [-0.2, 0) is 22.6 Å². The Balaban J connectivity index is 1.86.